The maximum Gasteiger partial charge on any atom is 0.258 e. The molecule has 132 valence electrons. The van der Waals surface area contributed by atoms with E-state index in [9.17, 15) is 4.79 Å². The van der Waals surface area contributed by atoms with Crippen LogP contribution >= 0.6 is 0 Å². The van der Waals surface area contributed by atoms with Gasteiger partial charge in [0.1, 0.15) is 0 Å². The van der Waals surface area contributed by atoms with Crippen molar-refractivity contribution >= 4 is 11.6 Å². The van der Waals surface area contributed by atoms with Crippen molar-refractivity contribution in [1.29, 1.82) is 0 Å². The second kappa shape index (κ2) is 6.41. The molecule has 4 rings (SSSR count). The van der Waals surface area contributed by atoms with E-state index in [0.29, 0.717) is 24.7 Å². The first-order valence-electron chi connectivity index (χ1n) is 8.79. The van der Waals surface area contributed by atoms with Gasteiger partial charge in [0.25, 0.3) is 5.89 Å². The van der Waals surface area contributed by atoms with Crippen LogP contribution in [-0.4, -0.2) is 22.6 Å². The van der Waals surface area contributed by atoms with Crippen LogP contribution in [0.5, 0.6) is 0 Å². The molecule has 5 nitrogen and oxygen atoms in total. The number of carbonyl (C=O) groups excluding carboxylic acids is 1. The highest BCUT2D eigenvalue weighted by Crippen LogP contribution is 2.32. The molecule has 0 N–H and O–H groups in total. The first-order chi connectivity index (χ1) is 12.5. The van der Waals surface area contributed by atoms with Crippen molar-refractivity contribution in [3.63, 3.8) is 0 Å². The Morgan fingerprint density at radius 3 is 2.54 bits per heavy atom. The van der Waals surface area contributed by atoms with Gasteiger partial charge in [0, 0.05) is 30.1 Å². The SMILES string of the molecule is Cc1ccc(N2C[C@@H](c3noc(-c4cc(C)ccc4C)n3)CC2=O)cc1. The fraction of sp³-hybridized carbons (Fsp3) is 0.286. The standard InChI is InChI=1S/C21H21N3O2/c1-13-5-8-17(9-6-13)24-12-16(11-19(24)25)20-22-21(26-23-20)18-10-14(2)4-7-15(18)3/h4-10,16H,11-12H2,1-3H3/t16-/m0/s1. The van der Waals surface area contributed by atoms with Gasteiger partial charge in [0.05, 0.1) is 0 Å². The van der Waals surface area contributed by atoms with Crippen molar-refractivity contribution in [2.45, 2.75) is 33.1 Å². The molecule has 0 bridgehead atoms. The lowest BCUT2D eigenvalue weighted by molar-refractivity contribution is -0.117. The third kappa shape index (κ3) is 3.01. The third-order valence-corrected chi connectivity index (χ3v) is 4.90. The smallest absolute Gasteiger partial charge is 0.258 e. The van der Waals surface area contributed by atoms with Gasteiger partial charge >= 0.3 is 0 Å². The number of hydrogen-bond donors (Lipinski definition) is 0. The summed E-state index contributed by atoms with van der Waals surface area (Å²) in [6.07, 6.45) is 0.402. The number of benzene rings is 2. The first-order valence-corrected chi connectivity index (χ1v) is 8.79. The van der Waals surface area contributed by atoms with Crippen LogP contribution in [0.15, 0.2) is 47.0 Å². The van der Waals surface area contributed by atoms with Gasteiger partial charge < -0.3 is 9.42 Å². The van der Waals surface area contributed by atoms with E-state index in [1.54, 1.807) is 4.90 Å². The molecule has 1 aliphatic heterocycles. The summed E-state index contributed by atoms with van der Waals surface area (Å²) in [5.74, 6) is 1.16. The second-order valence-corrected chi connectivity index (χ2v) is 7.02. The second-order valence-electron chi connectivity index (χ2n) is 7.02. The molecule has 0 spiro atoms. The average Bonchev–Trinajstić information content (AvgIpc) is 3.25. The zero-order valence-corrected chi connectivity index (χ0v) is 15.2. The van der Waals surface area contributed by atoms with E-state index in [2.05, 4.69) is 16.2 Å². The molecule has 0 radical (unpaired) electrons. The Bertz CT molecular complexity index is 960. The summed E-state index contributed by atoms with van der Waals surface area (Å²) in [7, 11) is 0. The van der Waals surface area contributed by atoms with Crippen LogP contribution < -0.4 is 4.90 Å². The summed E-state index contributed by atoms with van der Waals surface area (Å²) in [4.78, 5) is 18.8. The van der Waals surface area contributed by atoms with E-state index in [0.717, 1.165) is 22.4 Å². The van der Waals surface area contributed by atoms with Crippen LogP contribution in [-0.2, 0) is 4.79 Å². The van der Waals surface area contributed by atoms with E-state index in [-0.39, 0.29) is 11.8 Å². The number of amides is 1. The molecule has 1 amide bonds. The van der Waals surface area contributed by atoms with Crippen LogP contribution in [0, 0.1) is 20.8 Å². The number of nitrogens with zero attached hydrogens (tertiary/aromatic N) is 3. The molecule has 2 heterocycles. The van der Waals surface area contributed by atoms with Crippen molar-refractivity contribution in [2.24, 2.45) is 0 Å². The van der Waals surface area contributed by atoms with Crippen LogP contribution in [0.4, 0.5) is 5.69 Å². The van der Waals surface area contributed by atoms with Crippen molar-refractivity contribution in [3.8, 4) is 11.5 Å². The molecule has 26 heavy (non-hydrogen) atoms. The van der Waals surface area contributed by atoms with Gasteiger partial charge in [-0.3, -0.25) is 4.79 Å². The number of carbonyl (C=O) groups is 1. The van der Waals surface area contributed by atoms with Gasteiger partial charge in [0.2, 0.25) is 5.91 Å². The predicted octanol–water partition coefficient (Wildman–Crippen LogP) is 4.18. The topological polar surface area (TPSA) is 59.2 Å². The highest BCUT2D eigenvalue weighted by molar-refractivity contribution is 5.96. The predicted molar refractivity (Wildman–Crippen MR) is 100 cm³/mol. The van der Waals surface area contributed by atoms with Crippen molar-refractivity contribution in [1.82, 2.24) is 10.1 Å². The van der Waals surface area contributed by atoms with Gasteiger partial charge in [-0.1, -0.05) is 40.5 Å². The molecule has 1 saturated heterocycles. The Morgan fingerprint density at radius 1 is 1.04 bits per heavy atom. The minimum Gasteiger partial charge on any atom is -0.334 e. The molecule has 1 atom stereocenters. The summed E-state index contributed by atoms with van der Waals surface area (Å²) in [6.45, 7) is 6.67. The highest BCUT2D eigenvalue weighted by Gasteiger charge is 2.34. The van der Waals surface area contributed by atoms with E-state index in [1.807, 2.05) is 57.2 Å². The van der Waals surface area contributed by atoms with E-state index < -0.39 is 0 Å². The molecule has 5 heteroatoms. The molecular formula is C21H21N3O2. The molecule has 0 unspecified atom stereocenters. The summed E-state index contributed by atoms with van der Waals surface area (Å²) in [5.41, 5.74) is 5.28. The lowest BCUT2D eigenvalue weighted by Gasteiger charge is -2.16. The van der Waals surface area contributed by atoms with Crippen LogP contribution in [0.3, 0.4) is 0 Å². The highest BCUT2D eigenvalue weighted by atomic mass is 16.5. The summed E-state index contributed by atoms with van der Waals surface area (Å²) < 4.78 is 5.50. The quantitative estimate of drug-likeness (QED) is 0.713. The Labute approximate surface area is 152 Å². The largest absolute Gasteiger partial charge is 0.334 e. The van der Waals surface area contributed by atoms with Crippen molar-refractivity contribution < 1.29 is 9.32 Å². The van der Waals surface area contributed by atoms with Gasteiger partial charge in [-0.25, -0.2) is 0 Å². The number of anilines is 1. The van der Waals surface area contributed by atoms with Crippen LogP contribution in [0.25, 0.3) is 11.5 Å². The van der Waals surface area contributed by atoms with Crippen LogP contribution in [0.1, 0.15) is 34.9 Å². The Balaban J connectivity index is 1.58. The van der Waals surface area contributed by atoms with Crippen LogP contribution in [0.2, 0.25) is 0 Å². The maximum absolute atomic E-state index is 12.5. The molecule has 2 aromatic carbocycles. The summed E-state index contributed by atoms with van der Waals surface area (Å²) in [6, 6.07) is 14.1. The monoisotopic (exact) mass is 347 g/mol. The Morgan fingerprint density at radius 2 is 1.77 bits per heavy atom. The fourth-order valence-corrected chi connectivity index (χ4v) is 3.33. The third-order valence-electron chi connectivity index (χ3n) is 4.90. The number of aryl methyl sites for hydroxylation is 3. The zero-order chi connectivity index (χ0) is 18.3. The lowest BCUT2D eigenvalue weighted by atomic mass is 10.1. The molecule has 1 fully saturated rings. The first kappa shape index (κ1) is 16.5. The zero-order valence-electron chi connectivity index (χ0n) is 15.2. The number of rotatable bonds is 3. The molecule has 3 aromatic rings. The average molecular weight is 347 g/mol. The number of hydrogen-bond acceptors (Lipinski definition) is 4. The van der Waals surface area contributed by atoms with E-state index >= 15 is 0 Å². The number of aromatic nitrogens is 2. The Hall–Kier alpha value is -2.95. The normalized spacial score (nSPS) is 17.1. The fourth-order valence-electron chi connectivity index (χ4n) is 3.33. The van der Waals surface area contributed by atoms with Crippen molar-refractivity contribution in [3.05, 3.63) is 65.0 Å². The molecular weight excluding hydrogens is 326 g/mol. The van der Waals surface area contributed by atoms with E-state index in [4.69, 9.17) is 4.52 Å². The summed E-state index contributed by atoms with van der Waals surface area (Å²) in [5, 5.41) is 4.16. The van der Waals surface area contributed by atoms with Crippen molar-refractivity contribution in [2.75, 3.05) is 11.4 Å². The minimum absolute atomic E-state index is 0.0496. The van der Waals surface area contributed by atoms with Gasteiger partial charge in [-0.05, 0) is 44.5 Å². The van der Waals surface area contributed by atoms with Gasteiger partial charge in [-0.15, -0.1) is 0 Å². The molecule has 1 aliphatic rings. The Kier molecular flexibility index (Phi) is 4.07. The molecule has 0 saturated carbocycles. The molecule has 1 aromatic heterocycles. The van der Waals surface area contributed by atoms with Gasteiger partial charge in [0.15, 0.2) is 5.82 Å². The summed E-state index contributed by atoms with van der Waals surface area (Å²) >= 11 is 0. The van der Waals surface area contributed by atoms with Gasteiger partial charge in [-0.2, -0.15) is 4.98 Å². The lowest BCUT2D eigenvalue weighted by Crippen LogP contribution is -2.24. The van der Waals surface area contributed by atoms with E-state index in [1.165, 1.54) is 5.56 Å². The minimum atomic E-state index is -0.0496. The maximum atomic E-state index is 12.5. The molecule has 0 aliphatic carbocycles.